The number of aromatic nitrogens is 1. The number of ether oxygens (including phenoxy) is 1. The molecule has 0 spiro atoms. The van der Waals surface area contributed by atoms with E-state index in [0.29, 0.717) is 18.2 Å². The van der Waals surface area contributed by atoms with Gasteiger partial charge in [-0.15, -0.1) is 11.3 Å². The van der Waals surface area contributed by atoms with Gasteiger partial charge in [-0.1, -0.05) is 13.8 Å². The van der Waals surface area contributed by atoms with Crippen LogP contribution in [0.5, 0.6) is 5.75 Å². The van der Waals surface area contributed by atoms with E-state index in [1.807, 2.05) is 29.1 Å². The average Bonchev–Trinajstić information content (AvgIpc) is 2.84. The number of rotatable bonds is 5. The van der Waals surface area contributed by atoms with E-state index in [-0.39, 0.29) is 0 Å². The van der Waals surface area contributed by atoms with Crippen LogP contribution in [0.4, 0.5) is 5.69 Å². The highest BCUT2D eigenvalue weighted by Crippen LogP contribution is 2.28. The van der Waals surface area contributed by atoms with Crippen LogP contribution < -0.4 is 10.5 Å². The predicted molar refractivity (Wildman–Crippen MR) is 76.9 cm³/mol. The Kier molecular flexibility index (Phi) is 4.20. The zero-order valence-electron chi connectivity index (χ0n) is 10.7. The molecule has 0 saturated heterocycles. The fourth-order valence-corrected chi connectivity index (χ4v) is 2.16. The molecule has 1 aromatic heterocycles. The van der Waals surface area contributed by atoms with E-state index < -0.39 is 0 Å². The first kappa shape index (κ1) is 12.9. The lowest BCUT2D eigenvalue weighted by molar-refractivity contribution is 0.291. The third-order valence-electron chi connectivity index (χ3n) is 2.69. The molecule has 2 aromatic rings. The van der Waals surface area contributed by atoms with Gasteiger partial charge in [0.1, 0.15) is 5.75 Å². The van der Waals surface area contributed by atoms with E-state index >= 15 is 0 Å². The summed E-state index contributed by atoms with van der Waals surface area (Å²) >= 11 is 1.58. The lowest BCUT2D eigenvalue weighted by Gasteiger charge is -2.11. The summed E-state index contributed by atoms with van der Waals surface area (Å²) in [7, 11) is 0. The summed E-state index contributed by atoms with van der Waals surface area (Å²) in [5.74, 6) is 1.40. The molecule has 1 aromatic carbocycles. The van der Waals surface area contributed by atoms with E-state index in [2.05, 4.69) is 18.8 Å². The lowest BCUT2D eigenvalue weighted by atomic mass is 10.1. The minimum Gasteiger partial charge on any atom is -0.491 e. The van der Waals surface area contributed by atoms with Crippen molar-refractivity contribution in [3.05, 3.63) is 29.1 Å². The Labute approximate surface area is 112 Å². The Hall–Kier alpha value is -1.55. The van der Waals surface area contributed by atoms with Crippen molar-refractivity contribution in [1.82, 2.24) is 4.98 Å². The molecular weight excluding hydrogens is 244 g/mol. The average molecular weight is 262 g/mol. The Morgan fingerprint density at radius 1 is 1.39 bits per heavy atom. The maximum Gasteiger partial charge on any atom is 0.142 e. The number of benzene rings is 1. The molecule has 0 fully saturated rings. The molecule has 0 bridgehead atoms. The first-order valence-corrected chi connectivity index (χ1v) is 7.02. The summed E-state index contributed by atoms with van der Waals surface area (Å²) in [6.45, 7) is 5.06. The maximum atomic E-state index is 5.99. The van der Waals surface area contributed by atoms with Crippen LogP contribution in [0.15, 0.2) is 29.1 Å². The van der Waals surface area contributed by atoms with Gasteiger partial charge in [0.2, 0.25) is 0 Å². The SMILES string of the molecule is CC(C)CCOc1ccc(-c2cscn2)cc1N. The molecule has 2 N–H and O–H groups in total. The van der Waals surface area contributed by atoms with E-state index in [4.69, 9.17) is 10.5 Å². The normalized spacial score (nSPS) is 10.8. The summed E-state index contributed by atoms with van der Waals surface area (Å²) < 4.78 is 5.68. The van der Waals surface area contributed by atoms with Gasteiger partial charge in [0.25, 0.3) is 0 Å². The van der Waals surface area contributed by atoms with Gasteiger partial charge in [0.15, 0.2) is 0 Å². The van der Waals surface area contributed by atoms with Gasteiger partial charge in [0.05, 0.1) is 23.5 Å². The molecular formula is C14H18N2OS. The molecule has 0 aliphatic heterocycles. The molecule has 3 nitrogen and oxygen atoms in total. The zero-order valence-corrected chi connectivity index (χ0v) is 11.5. The van der Waals surface area contributed by atoms with Gasteiger partial charge in [-0.05, 0) is 30.5 Å². The van der Waals surface area contributed by atoms with E-state index in [1.165, 1.54) is 0 Å². The maximum absolute atomic E-state index is 5.99. The Balaban J connectivity index is 2.06. The zero-order chi connectivity index (χ0) is 13.0. The van der Waals surface area contributed by atoms with E-state index in [9.17, 15) is 0 Å². The van der Waals surface area contributed by atoms with Crippen molar-refractivity contribution in [2.45, 2.75) is 20.3 Å². The summed E-state index contributed by atoms with van der Waals surface area (Å²) in [6.07, 6.45) is 1.03. The fraction of sp³-hybridized carbons (Fsp3) is 0.357. The van der Waals surface area contributed by atoms with Crippen molar-refractivity contribution < 1.29 is 4.74 Å². The van der Waals surface area contributed by atoms with E-state index in [0.717, 1.165) is 23.4 Å². The highest BCUT2D eigenvalue weighted by atomic mass is 32.1. The van der Waals surface area contributed by atoms with Gasteiger partial charge in [-0.3, -0.25) is 0 Å². The van der Waals surface area contributed by atoms with Crippen LogP contribution in [0.1, 0.15) is 20.3 Å². The molecule has 0 amide bonds. The predicted octanol–water partition coefficient (Wildman–Crippen LogP) is 3.82. The molecule has 0 radical (unpaired) electrons. The van der Waals surface area contributed by atoms with Gasteiger partial charge >= 0.3 is 0 Å². The van der Waals surface area contributed by atoms with Gasteiger partial charge in [0, 0.05) is 10.9 Å². The molecule has 0 saturated carbocycles. The van der Waals surface area contributed by atoms with Crippen molar-refractivity contribution in [2.75, 3.05) is 12.3 Å². The third-order valence-corrected chi connectivity index (χ3v) is 3.28. The molecule has 2 rings (SSSR count). The molecule has 96 valence electrons. The summed E-state index contributed by atoms with van der Waals surface area (Å²) in [6, 6.07) is 5.83. The van der Waals surface area contributed by atoms with Gasteiger partial charge in [-0.25, -0.2) is 4.98 Å². The van der Waals surface area contributed by atoms with Crippen LogP contribution in [-0.2, 0) is 0 Å². The number of hydrogen-bond acceptors (Lipinski definition) is 4. The quantitative estimate of drug-likeness (QED) is 0.833. The highest BCUT2D eigenvalue weighted by molar-refractivity contribution is 7.07. The number of nitrogen functional groups attached to an aromatic ring is 1. The van der Waals surface area contributed by atoms with Crippen LogP contribution in [-0.4, -0.2) is 11.6 Å². The first-order chi connectivity index (χ1) is 8.66. The Morgan fingerprint density at radius 3 is 2.83 bits per heavy atom. The smallest absolute Gasteiger partial charge is 0.142 e. The van der Waals surface area contributed by atoms with Crippen LogP contribution in [0.3, 0.4) is 0 Å². The summed E-state index contributed by atoms with van der Waals surface area (Å²) in [5, 5.41) is 2.01. The number of anilines is 1. The van der Waals surface area contributed by atoms with Crippen LogP contribution in [0, 0.1) is 5.92 Å². The molecule has 0 unspecified atom stereocenters. The lowest BCUT2D eigenvalue weighted by Crippen LogP contribution is -2.03. The van der Waals surface area contributed by atoms with Crippen molar-refractivity contribution in [2.24, 2.45) is 5.92 Å². The molecule has 18 heavy (non-hydrogen) atoms. The Bertz CT molecular complexity index is 495. The minimum absolute atomic E-state index is 0.639. The number of nitrogens with zero attached hydrogens (tertiary/aromatic N) is 1. The molecule has 0 aliphatic carbocycles. The third kappa shape index (κ3) is 3.23. The molecule has 0 aliphatic rings. The number of nitrogens with two attached hydrogens (primary N) is 1. The van der Waals surface area contributed by atoms with Crippen LogP contribution >= 0.6 is 11.3 Å². The van der Waals surface area contributed by atoms with Crippen LogP contribution in [0.2, 0.25) is 0 Å². The number of hydrogen-bond donors (Lipinski definition) is 1. The second-order valence-corrected chi connectivity index (χ2v) is 5.38. The molecule has 4 heteroatoms. The Morgan fingerprint density at radius 2 is 2.22 bits per heavy atom. The van der Waals surface area contributed by atoms with Crippen LogP contribution in [0.25, 0.3) is 11.3 Å². The molecule has 0 atom stereocenters. The number of thiazole rings is 1. The van der Waals surface area contributed by atoms with Crippen molar-refractivity contribution in [3.8, 4) is 17.0 Å². The standard InChI is InChI=1S/C14H18N2OS/c1-10(2)5-6-17-14-4-3-11(7-12(14)15)13-8-18-9-16-13/h3-4,7-10H,5-6,15H2,1-2H3. The van der Waals surface area contributed by atoms with Crippen molar-refractivity contribution >= 4 is 17.0 Å². The van der Waals surface area contributed by atoms with E-state index in [1.54, 1.807) is 11.3 Å². The van der Waals surface area contributed by atoms with Crippen molar-refractivity contribution in [1.29, 1.82) is 0 Å². The van der Waals surface area contributed by atoms with Gasteiger partial charge in [-0.2, -0.15) is 0 Å². The van der Waals surface area contributed by atoms with Crippen molar-refractivity contribution in [3.63, 3.8) is 0 Å². The van der Waals surface area contributed by atoms with Gasteiger partial charge < -0.3 is 10.5 Å². The monoisotopic (exact) mass is 262 g/mol. The summed E-state index contributed by atoms with van der Waals surface area (Å²) in [5.41, 5.74) is 10.5. The second-order valence-electron chi connectivity index (χ2n) is 4.66. The largest absolute Gasteiger partial charge is 0.491 e. The highest BCUT2D eigenvalue weighted by Gasteiger charge is 2.05. The topological polar surface area (TPSA) is 48.1 Å². The second kappa shape index (κ2) is 5.87. The summed E-state index contributed by atoms with van der Waals surface area (Å²) in [4.78, 5) is 4.26. The molecule has 1 heterocycles. The first-order valence-electron chi connectivity index (χ1n) is 6.07. The fourth-order valence-electron chi connectivity index (χ4n) is 1.60. The minimum atomic E-state index is 0.639.